The first-order valence-corrected chi connectivity index (χ1v) is 6.24. The molecule has 0 unspecified atom stereocenters. The molecule has 0 saturated heterocycles. The molecule has 5 nitrogen and oxygen atoms in total. The summed E-state index contributed by atoms with van der Waals surface area (Å²) in [7, 11) is 0. The largest absolute Gasteiger partial charge is 0.261 e. The lowest BCUT2D eigenvalue weighted by atomic mass is 10.3. The van der Waals surface area contributed by atoms with E-state index in [9.17, 15) is 0 Å². The van der Waals surface area contributed by atoms with Crippen LogP contribution in [-0.4, -0.2) is 26.2 Å². The van der Waals surface area contributed by atoms with Gasteiger partial charge >= 0.3 is 0 Å². The molecule has 0 amide bonds. The predicted octanol–water partition coefficient (Wildman–Crippen LogP) is 2.75. The average Bonchev–Trinajstić information content (AvgIpc) is 2.47. The maximum atomic E-state index is 4.34. The molecule has 5 heteroatoms. The minimum absolute atomic E-state index is 0.517. The second kappa shape index (κ2) is 7.04. The highest BCUT2D eigenvalue weighted by Gasteiger charge is 2.05. The van der Waals surface area contributed by atoms with Crippen LogP contribution in [0.25, 0.3) is 11.5 Å². The molecule has 0 aromatic carbocycles. The van der Waals surface area contributed by atoms with Gasteiger partial charge in [0.1, 0.15) is 11.5 Å². The molecule has 2 aromatic heterocycles. The Bertz CT molecular complexity index is 645. The van der Waals surface area contributed by atoms with E-state index in [2.05, 4.69) is 24.9 Å². The van der Waals surface area contributed by atoms with Crippen molar-refractivity contribution in [2.75, 3.05) is 0 Å². The van der Waals surface area contributed by atoms with Crippen molar-refractivity contribution < 1.29 is 0 Å². The monoisotopic (exact) mass is 265 g/mol. The van der Waals surface area contributed by atoms with Crippen LogP contribution in [0.3, 0.4) is 0 Å². The van der Waals surface area contributed by atoms with Crippen molar-refractivity contribution in [3.05, 3.63) is 60.5 Å². The van der Waals surface area contributed by atoms with Crippen LogP contribution in [0.4, 0.5) is 0 Å². The van der Waals surface area contributed by atoms with Crippen LogP contribution in [0.1, 0.15) is 18.6 Å². The molecule has 2 heterocycles. The standard InChI is InChI=1S/C15H15N5/c1-3-4-6-9-16-11-14-18-12(2)19-15(20-14)13-8-5-7-10-17-13/h3-11H,1-2H3/b4-3-,9-6-,16-11?. The van der Waals surface area contributed by atoms with Crippen molar-refractivity contribution in [2.45, 2.75) is 13.8 Å². The van der Waals surface area contributed by atoms with Crippen molar-refractivity contribution in [3.8, 4) is 11.5 Å². The number of pyridine rings is 1. The molecule has 0 fully saturated rings. The maximum Gasteiger partial charge on any atom is 0.182 e. The van der Waals surface area contributed by atoms with Crippen LogP contribution in [0, 0.1) is 6.92 Å². The molecule has 0 saturated carbocycles. The number of aromatic nitrogens is 4. The van der Waals surface area contributed by atoms with E-state index in [4.69, 9.17) is 0 Å². The van der Waals surface area contributed by atoms with E-state index in [1.54, 1.807) is 18.6 Å². The summed E-state index contributed by atoms with van der Waals surface area (Å²) in [5, 5.41) is 0. The number of aryl methyl sites for hydroxylation is 1. The van der Waals surface area contributed by atoms with Crippen molar-refractivity contribution in [3.63, 3.8) is 0 Å². The normalized spacial score (nSPS) is 11.9. The van der Waals surface area contributed by atoms with Gasteiger partial charge in [0, 0.05) is 12.4 Å². The zero-order valence-corrected chi connectivity index (χ0v) is 11.4. The molecular weight excluding hydrogens is 250 g/mol. The highest BCUT2D eigenvalue weighted by molar-refractivity contribution is 5.75. The average molecular weight is 265 g/mol. The molecule has 20 heavy (non-hydrogen) atoms. The fourth-order valence-electron chi connectivity index (χ4n) is 1.49. The zero-order chi connectivity index (χ0) is 14.2. The van der Waals surface area contributed by atoms with Gasteiger partial charge in [-0.25, -0.2) is 15.0 Å². The van der Waals surface area contributed by atoms with Crippen LogP contribution in [0.15, 0.2) is 53.8 Å². The van der Waals surface area contributed by atoms with E-state index in [0.717, 1.165) is 5.69 Å². The second-order valence-electron chi connectivity index (χ2n) is 3.92. The first kappa shape index (κ1) is 13.7. The summed E-state index contributed by atoms with van der Waals surface area (Å²) in [6.07, 6.45) is 10.7. The Morgan fingerprint density at radius 1 is 1.10 bits per heavy atom. The first-order chi connectivity index (χ1) is 9.79. The predicted molar refractivity (Wildman–Crippen MR) is 79.3 cm³/mol. The third kappa shape index (κ3) is 3.91. The summed E-state index contributed by atoms with van der Waals surface area (Å²) in [6.45, 7) is 3.77. The molecule has 0 bridgehead atoms. The van der Waals surface area contributed by atoms with Gasteiger partial charge in [-0.05, 0) is 32.1 Å². The van der Waals surface area contributed by atoms with Crippen LogP contribution < -0.4 is 0 Å². The minimum Gasteiger partial charge on any atom is -0.261 e. The SMILES string of the molecule is C/C=C\C=C/N=Cc1nc(C)nc(-c2ccccn2)n1. The molecule has 100 valence electrons. The van der Waals surface area contributed by atoms with Gasteiger partial charge in [0.15, 0.2) is 11.6 Å². The van der Waals surface area contributed by atoms with E-state index in [1.165, 1.54) is 0 Å². The fraction of sp³-hybridized carbons (Fsp3) is 0.133. The summed E-state index contributed by atoms with van der Waals surface area (Å²) in [5.41, 5.74) is 0.720. The quantitative estimate of drug-likeness (QED) is 0.630. The summed E-state index contributed by atoms with van der Waals surface area (Å²) >= 11 is 0. The van der Waals surface area contributed by atoms with Gasteiger partial charge in [0.25, 0.3) is 0 Å². The van der Waals surface area contributed by atoms with Gasteiger partial charge in [-0.1, -0.05) is 18.2 Å². The lowest BCUT2D eigenvalue weighted by Crippen LogP contribution is -2.02. The number of hydrogen-bond acceptors (Lipinski definition) is 5. The Hall–Kier alpha value is -2.69. The van der Waals surface area contributed by atoms with Crippen LogP contribution in [-0.2, 0) is 0 Å². The van der Waals surface area contributed by atoms with Gasteiger partial charge in [-0.2, -0.15) is 0 Å². The van der Waals surface area contributed by atoms with Crippen molar-refractivity contribution in [2.24, 2.45) is 4.99 Å². The van der Waals surface area contributed by atoms with Gasteiger partial charge < -0.3 is 0 Å². The lowest BCUT2D eigenvalue weighted by molar-refractivity contribution is 0.964. The fourth-order valence-corrected chi connectivity index (χ4v) is 1.49. The van der Waals surface area contributed by atoms with E-state index in [1.807, 2.05) is 50.3 Å². The van der Waals surface area contributed by atoms with Gasteiger partial charge in [0.05, 0.1) is 6.21 Å². The van der Waals surface area contributed by atoms with E-state index < -0.39 is 0 Å². The molecule has 0 aliphatic heterocycles. The van der Waals surface area contributed by atoms with Crippen molar-refractivity contribution in [1.82, 2.24) is 19.9 Å². The second-order valence-corrected chi connectivity index (χ2v) is 3.92. The Labute approximate surface area is 117 Å². The summed E-state index contributed by atoms with van der Waals surface area (Å²) in [5.74, 6) is 1.71. The molecule has 2 aromatic rings. The van der Waals surface area contributed by atoms with Gasteiger partial charge in [0.2, 0.25) is 0 Å². The molecule has 0 spiro atoms. The summed E-state index contributed by atoms with van der Waals surface area (Å²) in [4.78, 5) is 21.2. The van der Waals surface area contributed by atoms with Crippen LogP contribution in [0.2, 0.25) is 0 Å². The van der Waals surface area contributed by atoms with Gasteiger partial charge in [-0.3, -0.25) is 9.98 Å². The Morgan fingerprint density at radius 2 is 2.00 bits per heavy atom. The smallest absolute Gasteiger partial charge is 0.182 e. The third-order valence-corrected chi connectivity index (χ3v) is 2.32. The Morgan fingerprint density at radius 3 is 2.75 bits per heavy atom. The molecule has 2 rings (SSSR count). The number of rotatable bonds is 4. The van der Waals surface area contributed by atoms with E-state index in [0.29, 0.717) is 17.5 Å². The van der Waals surface area contributed by atoms with Gasteiger partial charge in [-0.15, -0.1) is 0 Å². The molecule has 0 radical (unpaired) electrons. The van der Waals surface area contributed by atoms with Crippen molar-refractivity contribution in [1.29, 1.82) is 0 Å². The zero-order valence-electron chi connectivity index (χ0n) is 11.4. The van der Waals surface area contributed by atoms with E-state index in [-0.39, 0.29) is 0 Å². The maximum absolute atomic E-state index is 4.34. The highest BCUT2D eigenvalue weighted by atomic mass is 15.0. The molecule has 0 atom stereocenters. The number of hydrogen-bond donors (Lipinski definition) is 0. The van der Waals surface area contributed by atoms with E-state index >= 15 is 0 Å². The highest BCUT2D eigenvalue weighted by Crippen LogP contribution is 2.10. The first-order valence-electron chi connectivity index (χ1n) is 6.24. The lowest BCUT2D eigenvalue weighted by Gasteiger charge is -2.01. The number of nitrogens with zero attached hydrogens (tertiary/aromatic N) is 5. The number of allylic oxidation sites excluding steroid dienone is 3. The Balaban J connectivity index is 2.25. The van der Waals surface area contributed by atoms with Crippen molar-refractivity contribution >= 4 is 6.21 Å². The van der Waals surface area contributed by atoms with Crippen LogP contribution >= 0.6 is 0 Å². The third-order valence-electron chi connectivity index (χ3n) is 2.32. The molecule has 0 aliphatic rings. The molecular formula is C15H15N5. The molecule has 0 N–H and O–H groups in total. The minimum atomic E-state index is 0.517. The number of aliphatic imine (C=N–C) groups is 1. The summed E-state index contributed by atoms with van der Waals surface area (Å²) < 4.78 is 0. The van der Waals surface area contributed by atoms with Crippen LogP contribution in [0.5, 0.6) is 0 Å². The Kier molecular flexibility index (Phi) is 4.83. The summed E-state index contributed by atoms with van der Waals surface area (Å²) in [6, 6.07) is 5.61. The molecule has 0 aliphatic carbocycles. The topological polar surface area (TPSA) is 63.9 Å².